The highest BCUT2D eigenvalue weighted by molar-refractivity contribution is 6.00. The second-order valence-electron chi connectivity index (χ2n) is 3.06. The van der Waals surface area contributed by atoms with Crippen molar-refractivity contribution in [2.24, 2.45) is 0 Å². The molecule has 0 aliphatic carbocycles. The fraction of sp³-hybridized carbons (Fsp3) is 0.182. The first-order valence-corrected chi connectivity index (χ1v) is 4.62. The first-order chi connectivity index (χ1) is 7.92. The summed E-state index contributed by atoms with van der Waals surface area (Å²) in [6.45, 7) is 0. The zero-order chi connectivity index (χ0) is 12.9. The van der Waals surface area contributed by atoms with Crippen molar-refractivity contribution < 1.29 is 22.7 Å². The highest BCUT2D eigenvalue weighted by atomic mass is 19.4. The topological polar surface area (TPSA) is 38.3 Å². The van der Waals surface area contributed by atoms with E-state index < -0.39 is 12.1 Å². The number of rotatable bonds is 3. The van der Waals surface area contributed by atoms with Crippen LogP contribution in [0.4, 0.5) is 18.9 Å². The number of amides is 1. The molecule has 17 heavy (non-hydrogen) atoms. The molecule has 0 bridgehead atoms. The van der Waals surface area contributed by atoms with Gasteiger partial charge in [-0.05, 0) is 12.1 Å². The number of anilines is 1. The summed E-state index contributed by atoms with van der Waals surface area (Å²) in [7, 11) is 1.40. The summed E-state index contributed by atoms with van der Waals surface area (Å²) in [5.41, 5.74) is 0.312. The van der Waals surface area contributed by atoms with E-state index in [2.05, 4.69) is 5.32 Å². The van der Waals surface area contributed by atoms with Crippen molar-refractivity contribution in [1.29, 1.82) is 0 Å². The Morgan fingerprint density at radius 2 is 2.00 bits per heavy atom. The molecule has 0 aliphatic rings. The minimum Gasteiger partial charge on any atom is -0.495 e. The Bertz CT molecular complexity index is 427. The lowest BCUT2D eigenvalue weighted by atomic mass is 10.3. The fourth-order valence-electron chi connectivity index (χ4n) is 1.09. The van der Waals surface area contributed by atoms with E-state index in [0.717, 1.165) is 0 Å². The normalized spacial score (nSPS) is 11.5. The van der Waals surface area contributed by atoms with Gasteiger partial charge >= 0.3 is 6.18 Å². The molecule has 0 atom stereocenters. The predicted molar refractivity (Wildman–Crippen MR) is 56.8 cm³/mol. The first kappa shape index (κ1) is 13.1. The van der Waals surface area contributed by atoms with Gasteiger partial charge in [0.05, 0.1) is 12.8 Å². The van der Waals surface area contributed by atoms with Crippen LogP contribution < -0.4 is 10.1 Å². The Balaban J connectivity index is 2.72. The standard InChI is InChI=1S/C11H10F3NO2/c1-17-9-5-3-2-4-8(9)15-10(16)6-7-11(12,13)14/h2-7H,1H3,(H,15,16)/b7-6+. The minimum atomic E-state index is -4.50. The number of hydrogen-bond acceptors (Lipinski definition) is 2. The van der Waals surface area contributed by atoms with Gasteiger partial charge < -0.3 is 10.1 Å². The van der Waals surface area contributed by atoms with E-state index in [4.69, 9.17) is 4.74 Å². The molecule has 0 aromatic heterocycles. The minimum absolute atomic E-state index is 0.127. The smallest absolute Gasteiger partial charge is 0.409 e. The summed E-state index contributed by atoms with van der Waals surface area (Å²) in [4.78, 5) is 11.2. The number of hydrogen-bond donors (Lipinski definition) is 1. The van der Waals surface area contributed by atoms with Crippen LogP contribution in [0.3, 0.4) is 0 Å². The zero-order valence-corrected chi connectivity index (χ0v) is 8.91. The zero-order valence-electron chi connectivity index (χ0n) is 8.91. The third kappa shape index (κ3) is 4.58. The average molecular weight is 245 g/mol. The Morgan fingerprint density at radius 3 is 2.59 bits per heavy atom. The van der Waals surface area contributed by atoms with Gasteiger partial charge in [-0.2, -0.15) is 13.2 Å². The van der Waals surface area contributed by atoms with Gasteiger partial charge in [0.2, 0.25) is 5.91 Å². The second kappa shape index (κ2) is 5.38. The van der Waals surface area contributed by atoms with Crippen LogP contribution in [0.25, 0.3) is 0 Å². The van der Waals surface area contributed by atoms with E-state index in [1.807, 2.05) is 0 Å². The summed E-state index contributed by atoms with van der Waals surface area (Å²) in [5, 5.41) is 2.28. The molecule has 0 unspecified atom stereocenters. The Morgan fingerprint density at radius 1 is 1.35 bits per heavy atom. The second-order valence-corrected chi connectivity index (χ2v) is 3.06. The van der Waals surface area contributed by atoms with Crippen molar-refractivity contribution in [2.45, 2.75) is 6.18 Å². The SMILES string of the molecule is COc1ccccc1NC(=O)/C=C/C(F)(F)F. The van der Waals surface area contributed by atoms with Crippen LogP contribution in [0.2, 0.25) is 0 Å². The van der Waals surface area contributed by atoms with Crippen molar-refractivity contribution in [3.8, 4) is 5.75 Å². The molecule has 0 radical (unpaired) electrons. The van der Waals surface area contributed by atoms with Gasteiger partial charge in [-0.3, -0.25) is 4.79 Å². The number of methoxy groups -OCH3 is 1. The first-order valence-electron chi connectivity index (χ1n) is 4.62. The maximum Gasteiger partial charge on any atom is 0.409 e. The maximum atomic E-state index is 11.8. The molecular weight excluding hydrogens is 235 g/mol. The monoisotopic (exact) mass is 245 g/mol. The molecule has 3 nitrogen and oxygen atoms in total. The van der Waals surface area contributed by atoms with Gasteiger partial charge in [0.1, 0.15) is 5.75 Å². The Labute approximate surface area is 95.9 Å². The third-order valence-corrected chi connectivity index (χ3v) is 1.79. The number of para-hydroxylation sites is 2. The van der Waals surface area contributed by atoms with Crippen LogP contribution in [0, 0.1) is 0 Å². The lowest BCUT2D eigenvalue weighted by molar-refractivity contribution is -0.112. The number of nitrogens with one attached hydrogen (secondary N) is 1. The summed E-state index contributed by atoms with van der Waals surface area (Å²) in [5.74, 6) is -0.493. The quantitative estimate of drug-likeness (QED) is 0.831. The van der Waals surface area contributed by atoms with Crippen molar-refractivity contribution in [2.75, 3.05) is 12.4 Å². The molecule has 1 aromatic carbocycles. The van der Waals surface area contributed by atoms with E-state index >= 15 is 0 Å². The molecule has 1 aromatic rings. The average Bonchev–Trinajstić information content (AvgIpc) is 2.26. The van der Waals surface area contributed by atoms with Crippen molar-refractivity contribution >= 4 is 11.6 Å². The van der Waals surface area contributed by atoms with Crippen molar-refractivity contribution in [3.63, 3.8) is 0 Å². The van der Waals surface area contributed by atoms with Gasteiger partial charge in [0, 0.05) is 12.2 Å². The largest absolute Gasteiger partial charge is 0.495 e. The Hall–Kier alpha value is -1.98. The summed E-state index contributed by atoms with van der Waals surface area (Å²) in [6.07, 6.45) is -4.21. The molecule has 0 saturated heterocycles. The molecular formula is C11H10F3NO2. The van der Waals surface area contributed by atoms with Crippen LogP contribution in [0.1, 0.15) is 0 Å². The summed E-state index contributed by atoms with van der Waals surface area (Å²) >= 11 is 0. The molecule has 0 aliphatic heterocycles. The van der Waals surface area contributed by atoms with Gasteiger partial charge in [-0.15, -0.1) is 0 Å². The third-order valence-electron chi connectivity index (χ3n) is 1.79. The molecule has 1 N–H and O–H groups in total. The van der Waals surface area contributed by atoms with Gasteiger partial charge in [0.15, 0.2) is 0 Å². The maximum absolute atomic E-state index is 11.8. The number of benzene rings is 1. The number of ether oxygens (including phenoxy) is 1. The van der Waals surface area contributed by atoms with Crippen LogP contribution in [-0.2, 0) is 4.79 Å². The van der Waals surface area contributed by atoms with Crippen LogP contribution in [0.5, 0.6) is 5.75 Å². The van der Waals surface area contributed by atoms with E-state index in [1.54, 1.807) is 18.2 Å². The highest BCUT2D eigenvalue weighted by Gasteiger charge is 2.22. The molecule has 6 heteroatoms. The van der Waals surface area contributed by atoms with Crippen LogP contribution in [-0.4, -0.2) is 19.2 Å². The molecule has 1 rings (SSSR count). The number of halogens is 3. The van der Waals surface area contributed by atoms with E-state index in [0.29, 0.717) is 17.5 Å². The molecule has 0 spiro atoms. The lowest BCUT2D eigenvalue weighted by Crippen LogP contribution is -2.11. The van der Waals surface area contributed by atoms with Crippen molar-refractivity contribution in [1.82, 2.24) is 0 Å². The van der Waals surface area contributed by atoms with Crippen molar-refractivity contribution in [3.05, 3.63) is 36.4 Å². The molecule has 0 fully saturated rings. The lowest BCUT2D eigenvalue weighted by Gasteiger charge is -2.07. The molecule has 0 saturated carbocycles. The molecule has 92 valence electrons. The van der Waals surface area contributed by atoms with Gasteiger partial charge in [-0.1, -0.05) is 12.1 Å². The number of carbonyl (C=O) groups excluding carboxylic acids is 1. The fourth-order valence-corrected chi connectivity index (χ4v) is 1.09. The highest BCUT2D eigenvalue weighted by Crippen LogP contribution is 2.23. The van der Waals surface area contributed by atoms with E-state index in [1.165, 1.54) is 13.2 Å². The van der Waals surface area contributed by atoms with Gasteiger partial charge in [0.25, 0.3) is 0 Å². The number of alkyl halides is 3. The number of carbonyl (C=O) groups is 1. The van der Waals surface area contributed by atoms with Crippen LogP contribution in [0.15, 0.2) is 36.4 Å². The Kier molecular flexibility index (Phi) is 4.14. The summed E-state index contributed by atoms with van der Waals surface area (Å²) in [6, 6.07) is 6.42. The number of allylic oxidation sites excluding steroid dienone is 1. The summed E-state index contributed by atoms with van der Waals surface area (Å²) < 4.78 is 40.4. The van der Waals surface area contributed by atoms with Crippen LogP contribution >= 0.6 is 0 Å². The van der Waals surface area contributed by atoms with E-state index in [-0.39, 0.29) is 6.08 Å². The van der Waals surface area contributed by atoms with Gasteiger partial charge in [-0.25, -0.2) is 0 Å². The predicted octanol–water partition coefficient (Wildman–Crippen LogP) is 2.75. The van der Waals surface area contributed by atoms with E-state index in [9.17, 15) is 18.0 Å². The molecule has 1 amide bonds. The molecule has 0 heterocycles.